The largest absolute Gasteiger partial charge is 0.494 e. The molecule has 0 spiro atoms. The molecule has 4 nitrogen and oxygen atoms in total. The number of methoxy groups -OCH3 is 1. The van der Waals surface area contributed by atoms with E-state index in [0.29, 0.717) is 12.1 Å². The van der Waals surface area contributed by atoms with Gasteiger partial charge in [-0.15, -0.1) is 0 Å². The summed E-state index contributed by atoms with van der Waals surface area (Å²) in [6, 6.07) is 7.06. The minimum absolute atomic E-state index is 0.496. The zero-order chi connectivity index (χ0) is 14.3. The van der Waals surface area contributed by atoms with Crippen molar-refractivity contribution < 1.29 is 4.74 Å². The van der Waals surface area contributed by atoms with Gasteiger partial charge in [0.25, 0.3) is 0 Å². The minimum Gasteiger partial charge on any atom is -0.494 e. The van der Waals surface area contributed by atoms with Crippen LogP contribution in [0.1, 0.15) is 33.1 Å². The van der Waals surface area contributed by atoms with Crippen molar-refractivity contribution in [3.63, 3.8) is 0 Å². The van der Waals surface area contributed by atoms with Crippen LogP contribution in [0.4, 0.5) is 0 Å². The van der Waals surface area contributed by atoms with Crippen molar-refractivity contribution in [2.24, 2.45) is 0 Å². The van der Waals surface area contributed by atoms with Gasteiger partial charge in [0, 0.05) is 12.1 Å². The number of H-pyrrole nitrogens is 1. The number of ether oxygens (including phenoxy) is 1. The van der Waals surface area contributed by atoms with Gasteiger partial charge in [-0.25, -0.2) is 4.68 Å². The van der Waals surface area contributed by atoms with Crippen molar-refractivity contribution in [1.82, 2.24) is 9.66 Å². The molecule has 0 saturated carbocycles. The first-order valence-electron chi connectivity index (χ1n) is 7.20. The molecule has 3 rings (SSSR count). The number of hydrogen-bond acceptors (Lipinski definition) is 3. The van der Waals surface area contributed by atoms with Gasteiger partial charge in [-0.3, -0.25) is 0 Å². The SMILES string of the molecule is COc1cccc2c1[nH]c(=S)n2N1C(C)CCCC1C. The number of imidazole rings is 1. The number of rotatable bonds is 2. The average Bonchev–Trinajstić information content (AvgIpc) is 2.75. The Balaban J connectivity index is 2.20. The molecule has 108 valence electrons. The van der Waals surface area contributed by atoms with E-state index in [9.17, 15) is 0 Å². The van der Waals surface area contributed by atoms with Gasteiger partial charge in [0.1, 0.15) is 11.3 Å². The molecule has 5 heteroatoms. The van der Waals surface area contributed by atoms with E-state index >= 15 is 0 Å². The normalized spacial score (nSPS) is 23.2. The van der Waals surface area contributed by atoms with Crippen LogP contribution in [-0.4, -0.2) is 28.9 Å². The Morgan fingerprint density at radius 2 is 1.95 bits per heavy atom. The van der Waals surface area contributed by atoms with Crippen molar-refractivity contribution in [2.75, 3.05) is 12.1 Å². The van der Waals surface area contributed by atoms with Crippen molar-refractivity contribution in [1.29, 1.82) is 0 Å². The van der Waals surface area contributed by atoms with Crippen LogP contribution in [0.3, 0.4) is 0 Å². The third-order valence-corrected chi connectivity index (χ3v) is 4.53. The van der Waals surface area contributed by atoms with Crippen LogP contribution in [0, 0.1) is 4.77 Å². The van der Waals surface area contributed by atoms with Crippen LogP contribution < -0.4 is 9.75 Å². The topological polar surface area (TPSA) is 33.2 Å². The molecule has 1 aliphatic heterocycles. The number of piperidine rings is 1. The second-order valence-electron chi connectivity index (χ2n) is 5.61. The number of aromatic nitrogens is 2. The number of nitrogens with one attached hydrogen (secondary N) is 1. The summed E-state index contributed by atoms with van der Waals surface area (Å²) in [6.45, 7) is 4.55. The molecule has 0 bridgehead atoms. The first-order chi connectivity index (χ1) is 9.63. The predicted molar refractivity (Wildman–Crippen MR) is 84.7 cm³/mol. The summed E-state index contributed by atoms with van der Waals surface area (Å²) < 4.78 is 8.32. The van der Waals surface area contributed by atoms with Crippen molar-refractivity contribution >= 4 is 23.3 Å². The minimum atomic E-state index is 0.496. The second kappa shape index (κ2) is 5.13. The van der Waals surface area contributed by atoms with Gasteiger partial charge in [0.05, 0.1) is 12.6 Å². The number of benzene rings is 1. The molecule has 0 aliphatic carbocycles. The molecule has 0 radical (unpaired) electrons. The highest BCUT2D eigenvalue weighted by Crippen LogP contribution is 2.28. The van der Waals surface area contributed by atoms with E-state index in [1.54, 1.807) is 7.11 Å². The van der Waals surface area contributed by atoms with Gasteiger partial charge >= 0.3 is 0 Å². The van der Waals surface area contributed by atoms with Crippen LogP contribution in [0.15, 0.2) is 18.2 Å². The van der Waals surface area contributed by atoms with Crippen LogP contribution in [0.2, 0.25) is 0 Å². The average molecular weight is 291 g/mol. The van der Waals surface area contributed by atoms with Gasteiger partial charge in [0.2, 0.25) is 0 Å². The first kappa shape index (κ1) is 13.5. The fraction of sp³-hybridized carbons (Fsp3) is 0.533. The van der Waals surface area contributed by atoms with Crippen molar-refractivity contribution in [2.45, 2.75) is 45.2 Å². The number of fused-ring (bicyclic) bond motifs is 1. The summed E-state index contributed by atoms with van der Waals surface area (Å²) in [5.74, 6) is 0.838. The smallest absolute Gasteiger partial charge is 0.197 e. The molecule has 20 heavy (non-hydrogen) atoms. The first-order valence-corrected chi connectivity index (χ1v) is 7.60. The van der Waals surface area contributed by atoms with Gasteiger partial charge in [-0.2, -0.15) is 0 Å². The Morgan fingerprint density at radius 3 is 2.60 bits per heavy atom. The maximum absolute atomic E-state index is 5.56. The fourth-order valence-electron chi connectivity index (χ4n) is 3.29. The lowest BCUT2D eigenvalue weighted by molar-refractivity contribution is 0.339. The Bertz CT molecular complexity index is 665. The van der Waals surface area contributed by atoms with E-state index in [1.165, 1.54) is 19.3 Å². The molecule has 1 aliphatic rings. The number of para-hydroxylation sites is 1. The summed E-state index contributed by atoms with van der Waals surface area (Å²) in [4.78, 5) is 3.30. The lowest BCUT2D eigenvalue weighted by atomic mass is 10.00. The standard InChI is InChI=1S/C15H21N3OS/c1-10-6-4-7-11(2)17(10)18-12-8-5-9-13(19-3)14(12)16-15(18)20/h5,8-11H,4,6-7H2,1-3H3,(H,16,20). The molecule has 2 heterocycles. The Kier molecular flexibility index (Phi) is 3.46. The third kappa shape index (κ3) is 2.00. The molecule has 1 N–H and O–H groups in total. The zero-order valence-electron chi connectivity index (χ0n) is 12.2. The summed E-state index contributed by atoms with van der Waals surface area (Å²) in [5, 5.41) is 2.41. The predicted octanol–water partition coefficient (Wildman–Crippen LogP) is 3.61. The highest BCUT2D eigenvalue weighted by atomic mass is 32.1. The molecule has 2 atom stereocenters. The van der Waals surface area contributed by atoms with E-state index in [1.807, 2.05) is 12.1 Å². The quantitative estimate of drug-likeness (QED) is 0.858. The lowest BCUT2D eigenvalue weighted by Crippen LogP contribution is -2.50. The van der Waals surface area contributed by atoms with Gasteiger partial charge in [-0.05, 0) is 57.5 Å². The summed E-state index contributed by atoms with van der Waals surface area (Å²) in [6.07, 6.45) is 3.71. The Hall–Kier alpha value is -1.49. The van der Waals surface area contributed by atoms with E-state index in [0.717, 1.165) is 21.6 Å². The monoisotopic (exact) mass is 291 g/mol. The van der Waals surface area contributed by atoms with E-state index < -0.39 is 0 Å². The van der Waals surface area contributed by atoms with Gasteiger partial charge in [-0.1, -0.05) is 6.07 Å². The van der Waals surface area contributed by atoms with Crippen LogP contribution >= 0.6 is 12.2 Å². The number of aromatic amines is 1. The van der Waals surface area contributed by atoms with E-state index in [2.05, 4.69) is 34.6 Å². The molecular weight excluding hydrogens is 270 g/mol. The highest BCUT2D eigenvalue weighted by Gasteiger charge is 2.27. The number of nitrogens with zero attached hydrogens (tertiary/aromatic N) is 2. The Labute approximate surface area is 124 Å². The summed E-state index contributed by atoms with van der Waals surface area (Å²) >= 11 is 5.56. The molecule has 0 amide bonds. The van der Waals surface area contributed by atoms with Crippen LogP contribution in [-0.2, 0) is 0 Å². The molecule has 1 aromatic carbocycles. The van der Waals surface area contributed by atoms with Gasteiger partial charge < -0.3 is 14.7 Å². The van der Waals surface area contributed by atoms with E-state index in [4.69, 9.17) is 17.0 Å². The molecule has 1 fully saturated rings. The lowest BCUT2D eigenvalue weighted by Gasteiger charge is -2.41. The van der Waals surface area contributed by atoms with Gasteiger partial charge in [0.15, 0.2) is 4.77 Å². The molecule has 1 saturated heterocycles. The summed E-state index contributed by atoms with van der Waals surface area (Å²) in [5.41, 5.74) is 2.07. The maximum Gasteiger partial charge on any atom is 0.197 e. The second-order valence-corrected chi connectivity index (χ2v) is 5.99. The van der Waals surface area contributed by atoms with Crippen LogP contribution in [0.5, 0.6) is 5.75 Å². The molecule has 1 aromatic heterocycles. The van der Waals surface area contributed by atoms with Crippen molar-refractivity contribution in [3.8, 4) is 5.75 Å². The molecular formula is C15H21N3OS. The zero-order valence-corrected chi connectivity index (χ0v) is 13.0. The van der Waals surface area contributed by atoms with E-state index in [-0.39, 0.29) is 0 Å². The highest BCUT2D eigenvalue weighted by molar-refractivity contribution is 7.71. The molecule has 2 unspecified atom stereocenters. The van der Waals surface area contributed by atoms with Crippen LogP contribution in [0.25, 0.3) is 11.0 Å². The third-order valence-electron chi connectivity index (χ3n) is 4.25. The molecule has 2 aromatic rings. The maximum atomic E-state index is 5.56. The van der Waals surface area contributed by atoms with Crippen molar-refractivity contribution in [3.05, 3.63) is 23.0 Å². The Morgan fingerprint density at radius 1 is 1.25 bits per heavy atom. The number of hydrogen-bond donors (Lipinski definition) is 1. The fourth-order valence-corrected chi connectivity index (χ4v) is 3.59. The summed E-state index contributed by atoms with van der Waals surface area (Å²) in [7, 11) is 1.69.